The Balaban J connectivity index is 4.41. The summed E-state index contributed by atoms with van der Waals surface area (Å²) >= 11 is 0. The van der Waals surface area contributed by atoms with Gasteiger partial charge in [-0.3, -0.25) is 14.4 Å². The molecule has 0 saturated heterocycles. The first kappa shape index (κ1) is 73.8. The first-order valence-corrected chi connectivity index (χ1v) is 32.5. The number of carbonyl (C=O) groups is 3. The second-order valence-electron chi connectivity index (χ2n) is 21.3. The van der Waals surface area contributed by atoms with E-state index in [1.807, 2.05) is 6.08 Å². The SMILES string of the molecule is CC/C=C\C/C=C\C/C=C\C/C=C\C/C=C\C/C=C\CCC(=O)OC(COC(=O)CCCCCCC/C=C\CCCCCCC)COC(=O)CCCCCCCCCCCCCC/C=C\C/C=C\C/C=C\CCCCCCC. The topological polar surface area (TPSA) is 78.9 Å². The standard InChI is InChI=1S/C72H120O6/c1-4-7-10-13-16-19-22-25-28-30-32-33-34-35-36-37-38-39-41-42-44-47-50-53-56-59-62-65-71(74)77-68-69(67-76-70(73)64-61-58-55-52-49-46-27-24-21-18-15-12-9-6-3)78-72(75)66-63-60-57-54-51-48-45-43-40-31-29-26-23-20-17-14-11-8-5-2/h8,11,17,20,22,24-27,29-30,32,34-35,40,43,48,51,57,60,69H,4-7,9-10,12-16,18-19,21,23,28,31,33,36-39,41-42,44-47,49-50,52-56,58-59,61-68H2,1-3H3/b11-8-,20-17-,25-22-,27-24-,29-26-,32-30-,35-34-,43-40-,51-48-,60-57-. The molecule has 78 heavy (non-hydrogen) atoms. The van der Waals surface area contributed by atoms with Gasteiger partial charge in [0.2, 0.25) is 0 Å². The van der Waals surface area contributed by atoms with Crippen molar-refractivity contribution in [1.82, 2.24) is 0 Å². The Kier molecular flexibility index (Phi) is 61.8. The fraction of sp³-hybridized carbons (Fsp3) is 0.681. The van der Waals surface area contributed by atoms with Crippen LogP contribution in [-0.4, -0.2) is 37.2 Å². The molecule has 0 aliphatic rings. The minimum atomic E-state index is -0.827. The molecule has 0 bridgehead atoms. The van der Waals surface area contributed by atoms with E-state index in [0.717, 1.165) is 103 Å². The normalized spacial score (nSPS) is 12.9. The van der Waals surface area contributed by atoms with Crippen molar-refractivity contribution < 1.29 is 28.6 Å². The summed E-state index contributed by atoms with van der Waals surface area (Å²) in [6, 6.07) is 0. The minimum Gasteiger partial charge on any atom is -0.462 e. The summed E-state index contributed by atoms with van der Waals surface area (Å²) in [6.45, 7) is 6.45. The van der Waals surface area contributed by atoms with Crippen LogP contribution in [0.2, 0.25) is 0 Å². The van der Waals surface area contributed by atoms with E-state index < -0.39 is 12.1 Å². The van der Waals surface area contributed by atoms with Crippen LogP contribution in [0.5, 0.6) is 0 Å². The second-order valence-corrected chi connectivity index (χ2v) is 21.3. The van der Waals surface area contributed by atoms with Gasteiger partial charge in [-0.05, 0) is 122 Å². The van der Waals surface area contributed by atoms with Crippen molar-refractivity contribution in [2.45, 2.75) is 303 Å². The third-order valence-electron chi connectivity index (χ3n) is 13.7. The van der Waals surface area contributed by atoms with Gasteiger partial charge >= 0.3 is 17.9 Å². The van der Waals surface area contributed by atoms with Gasteiger partial charge in [-0.2, -0.15) is 0 Å². The molecule has 0 aromatic heterocycles. The van der Waals surface area contributed by atoms with Crippen molar-refractivity contribution in [3.63, 3.8) is 0 Å². The van der Waals surface area contributed by atoms with Gasteiger partial charge in [0, 0.05) is 19.3 Å². The van der Waals surface area contributed by atoms with Gasteiger partial charge in [0.25, 0.3) is 0 Å². The molecule has 6 heteroatoms. The lowest BCUT2D eigenvalue weighted by atomic mass is 10.0. The Morgan fingerprint density at radius 3 is 0.846 bits per heavy atom. The van der Waals surface area contributed by atoms with E-state index in [2.05, 4.69) is 136 Å². The minimum absolute atomic E-state index is 0.113. The lowest BCUT2D eigenvalue weighted by Crippen LogP contribution is -2.30. The van der Waals surface area contributed by atoms with Gasteiger partial charge in [-0.1, -0.05) is 277 Å². The Hall–Kier alpha value is -4.19. The van der Waals surface area contributed by atoms with Crippen molar-refractivity contribution in [2.75, 3.05) is 13.2 Å². The molecule has 0 rings (SSSR count). The van der Waals surface area contributed by atoms with E-state index in [-0.39, 0.29) is 31.6 Å². The highest BCUT2D eigenvalue weighted by molar-refractivity contribution is 5.71. The van der Waals surface area contributed by atoms with Crippen LogP contribution in [0.4, 0.5) is 0 Å². The maximum absolute atomic E-state index is 12.9. The molecular formula is C72H120O6. The van der Waals surface area contributed by atoms with E-state index in [1.165, 1.54) is 148 Å². The van der Waals surface area contributed by atoms with Crippen molar-refractivity contribution in [3.8, 4) is 0 Å². The fourth-order valence-electron chi connectivity index (χ4n) is 8.82. The average Bonchev–Trinajstić information content (AvgIpc) is 3.44. The van der Waals surface area contributed by atoms with Crippen molar-refractivity contribution in [3.05, 3.63) is 122 Å². The summed E-state index contributed by atoms with van der Waals surface area (Å²) in [5.74, 6) is -1.00. The third-order valence-corrected chi connectivity index (χ3v) is 13.7. The molecule has 0 aromatic rings. The second kappa shape index (κ2) is 65.3. The smallest absolute Gasteiger partial charge is 0.306 e. The van der Waals surface area contributed by atoms with E-state index >= 15 is 0 Å². The zero-order chi connectivity index (χ0) is 56.4. The number of allylic oxidation sites excluding steroid dienone is 20. The molecule has 0 aliphatic heterocycles. The van der Waals surface area contributed by atoms with Gasteiger partial charge in [-0.25, -0.2) is 0 Å². The van der Waals surface area contributed by atoms with Gasteiger partial charge < -0.3 is 14.2 Å². The largest absolute Gasteiger partial charge is 0.462 e. The molecule has 0 fully saturated rings. The van der Waals surface area contributed by atoms with E-state index in [0.29, 0.717) is 19.3 Å². The van der Waals surface area contributed by atoms with Crippen LogP contribution in [0.15, 0.2) is 122 Å². The summed E-state index contributed by atoms with van der Waals surface area (Å²) in [4.78, 5) is 38.3. The van der Waals surface area contributed by atoms with Crippen LogP contribution in [0, 0.1) is 0 Å². The molecular weight excluding hydrogens is 961 g/mol. The first-order valence-electron chi connectivity index (χ1n) is 32.5. The molecule has 444 valence electrons. The molecule has 0 radical (unpaired) electrons. The summed E-state index contributed by atoms with van der Waals surface area (Å²) in [6.07, 6.45) is 90.8. The lowest BCUT2D eigenvalue weighted by Gasteiger charge is -2.18. The highest BCUT2D eigenvalue weighted by Crippen LogP contribution is 2.15. The van der Waals surface area contributed by atoms with Crippen LogP contribution >= 0.6 is 0 Å². The molecule has 0 N–H and O–H groups in total. The molecule has 0 aliphatic carbocycles. The van der Waals surface area contributed by atoms with Crippen LogP contribution in [0.3, 0.4) is 0 Å². The number of hydrogen-bond donors (Lipinski definition) is 0. The van der Waals surface area contributed by atoms with E-state index in [1.54, 1.807) is 0 Å². The molecule has 0 spiro atoms. The summed E-state index contributed by atoms with van der Waals surface area (Å²) in [5.41, 5.74) is 0. The predicted molar refractivity (Wildman–Crippen MR) is 339 cm³/mol. The molecule has 1 unspecified atom stereocenters. The number of unbranched alkanes of at least 4 members (excludes halogenated alkanes) is 27. The maximum Gasteiger partial charge on any atom is 0.306 e. The Morgan fingerprint density at radius 2 is 0.526 bits per heavy atom. The van der Waals surface area contributed by atoms with Gasteiger partial charge in [0.1, 0.15) is 13.2 Å². The molecule has 0 amide bonds. The average molecular weight is 1080 g/mol. The number of esters is 3. The lowest BCUT2D eigenvalue weighted by molar-refractivity contribution is -0.166. The number of hydrogen-bond acceptors (Lipinski definition) is 6. The van der Waals surface area contributed by atoms with Crippen LogP contribution in [0.25, 0.3) is 0 Å². The van der Waals surface area contributed by atoms with E-state index in [9.17, 15) is 14.4 Å². The summed E-state index contributed by atoms with van der Waals surface area (Å²) < 4.78 is 16.8. The highest BCUT2D eigenvalue weighted by Gasteiger charge is 2.19. The quantitative estimate of drug-likeness (QED) is 0.0261. The van der Waals surface area contributed by atoms with Crippen molar-refractivity contribution in [1.29, 1.82) is 0 Å². The molecule has 1 atom stereocenters. The highest BCUT2D eigenvalue weighted by atomic mass is 16.6. The zero-order valence-corrected chi connectivity index (χ0v) is 50.9. The Morgan fingerprint density at radius 1 is 0.269 bits per heavy atom. The maximum atomic E-state index is 12.9. The zero-order valence-electron chi connectivity index (χ0n) is 50.9. The number of carbonyl (C=O) groups excluding carboxylic acids is 3. The fourth-order valence-corrected chi connectivity index (χ4v) is 8.82. The number of rotatable bonds is 58. The van der Waals surface area contributed by atoms with Crippen molar-refractivity contribution >= 4 is 17.9 Å². The van der Waals surface area contributed by atoms with E-state index in [4.69, 9.17) is 14.2 Å². The first-order chi connectivity index (χ1) is 38.5. The predicted octanol–water partition coefficient (Wildman–Crippen LogP) is 22.4. The Bertz CT molecular complexity index is 1620. The van der Waals surface area contributed by atoms with Gasteiger partial charge in [0.05, 0.1) is 0 Å². The van der Waals surface area contributed by atoms with Gasteiger partial charge in [0.15, 0.2) is 6.10 Å². The molecule has 0 heterocycles. The molecule has 0 aromatic carbocycles. The molecule has 0 saturated carbocycles. The van der Waals surface area contributed by atoms with Crippen LogP contribution < -0.4 is 0 Å². The van der Waals surface area contributed by atoms with Gasteiger partial charge in [-0.15, -0.1) is 0 Å². The van der Waals surface area contributed by atoms with Crippen LogP contribution in [-0.2, 0) is 28.6 Å². The number of ether oxygens (including phenoxy) is 3. The monoisotopic (exact) mass is 1080 g/mol. The summed E-state index contributed by atoms with van der Waals surface area (Å²) in [7, 11) is 0. The van der Waals surface area contributed by atoms with Crippen molar-refractivity contribution in [2.24, 2.45) is 0 Å². The Labute approximate surface area is 482 Å². The van der Waals surface area contributed by atoms with Crippen LogP contribution in [0.1, 0.15) is 297 Å². The summed E-state index contributed by atoms with van der Waals surface area (Å²) in [5, 5.41) is 0. The molecule has 6 nitrogen and oxygen atoms in total. The third kappa shape index (κ3) is 62.7.